The highest BCUT2D eigenvalue weighted by Gasteiger charge is 2.53. The molecule has 3 saturated carbocycles. The third-order valence-corrected chi connectivity index (χ3v) is 9.24. The minimum atomic E-state index is -2.39. The van der Waals surface area contributed by atoms with E-state index in [9.17, 15) is 18.0 Å². The molecule has 5 aliphatic rings. The maximum atomic E-state index is 14.9. The molecular formula is C28H34F3N9O2. The van der Waals surface area contributed by atoms with Gasteiger partial charge in [0.2, 0.25) is 0 Å². The average molecular weight is 586 g/mol. The van der Waals surface area contributed by atoms with Gasteiger partial charge in [-0.1, -0.05) is 0 Å². The molecule has 0 radical (unpaired) electrons. The Kier molecular flexibility index (Phi) is 5.98. The molecule has 0 aromatic carbocycles. The second kappa shape index (κ2) is 9.56. The minimum Gasteiger partial charge on any atom is -0.371 e. The van der Waals surface area contributed by atoms with Crippen molar-refractivity contribution in [2.24, 2.45) is 0 Å². The predicted molar refractivity (Wildman–Crippen MR) is 148 cm³/mol. The molecule has 11 nitrogen and oxygen atoms in total. The number of alkyl halides is 3. The Morgan fingerprint density at radius 2 is 1.95 bits per heavy atom. The summed E-state index contributed by atoms with van der Waals surface area (Å²) >= 11 is 0. The molecule has 14 heteroatoms. The van der Waals surface area contributed by atoms with E-state index in [1.165, 1.54) is 6.20 Å². The third-order valence-electron chi connectivity index (χ3n) is 9.24. The number of nitrogens with zero attached hydrogens (tertiary/aromatic N) is 7. The fourth-order valence-electron chi connectivity index (χ4n) is 6.34. The molecule has 3 aliphatic carbocycles. The van der Waals surface area contributed by atoms with Crippen LogP contribution in [0.3, 0.4) is 0 Å². The molecule has 2 amide bonds. The number of fused-ring (bicyclic) bond motifs is 1. The average Bonchev–Trinajstić information content (AvgIpc) is 3.89. The molecular weight excluding hydrogens is 551 g/mol. The highest BCUT2D eigenvalue weighted by atomic mass is 19.3. The first-order valence-corrected chi connectivity index (χ1v) is 14.9. The molecule has 3 aromatic rings. The Morgan fingerprint density at radius 1 is 1.14 bits per heavy atom. The van der Waals surface area contributed by atoms with Gasteiger partial charge in [-0.3, -0.25) is 19.7 Å². The summed E-state index contributed by atoms with van der Waals surface area (Å²) < 4.78 is 48.6. The topological polar surface area (TPSA) is 107 Å². The van der Waals surface area contributed by atoms with E-state index in [0.717, 1.165) is 55.5 Å². The van der Waals surface area contributed by atoms with E-state index in [-0.39, 0.29) is 25.2 Å². The van der Waals surface area contributed by atoms with Gasteiger partial charge in [0.25, 0.3) is 6.43 Å². The fraction of sp³-hybridized carbons (Fsp3) is 0.643. The quantitative estimate of drug-likeness (QED) is 0.395. The summed E-state index contributed by atoms with van der Waals surface area (Å²) in [5.41, 5.74) is 0.682. The summed E-state index contributed by atoms with van der Waals surface area (Å²) in [7, 11) is 0. The van der Waals surface area contributed by atoms with Gasteiger partial charge in [0.15, 0.2) is 5.82 Å². The van der Waals surface area contributed by atoms with Crippen molar-refractivity contribution in [2.75, 3.05) is 49.5 Å². The van der Waals surface area contributed by atoms with Crippen LogP contribution in [0.5, 0.6) is 0 Å². The number of H-pyrrole nitrogens is 1. The van der Waals surface area contributed by atoms with Gasteiger partial charge in [0.1, 0.15) is 11.4 Å². The zero-order chi connectivity index (χ0) is 28.6. The first-order valence-electron chi connectivity index (χ1n) is 14.9. The first-order chi connectivity index (χ1) is 20.3. The number of carbonyl (C=O) groups excluding carboxylic acids is 1. The second-order valence-electron chi connectivity index (χ2n) is 12.7. The molecule has 5 fully saturated rings. The maximum absolute atomic E-state index is 14.9. The normalized spacial score (nSPS) is 23.1. The minimum absolute atomic E-state index is 0.176. The van der Waals surface area contributed by atoms with Gasteiger partial charge in [-0.15, -0.1) is 0 Å². The molecule has 1 spiro atoms. The molecule has 0 bridgehead atoms. The van der Waals surface area contributed by atoms with Crippen LogP contribution in [-0.4, -0.2) is 110 Å². The van der Waals surface area contributed by atoms with Crippen LogP contribution in [0, 0.1) is 0 Å². The number of halogens is 3. The van der Waals surface area contributed by atoms with Gasteiger partial charge in [-0.25, -0.2) is 18.0 Å². The van der Waals surface area contributed by atoms with Crippen molar-refractivity contribution in [2.45, 2.75) is 74.9 Å². The number of piperazine rings is 1. The summed E-state index contributed by atoms with van der Waals surface area (Å²) in [6.45, 7) is 2.64. The third kappa shape index (κ3) is 4.87. The van der Waals surface area contributed by atoms with E-state index >= 15 is 0 Å². The van der Waals surface area contributed by atoms with Gasteiger partial charge in [-0.2, -0.15) is 10.2 Å². The molecule has 8 rings (SSSR count). The van der Waals surface area contributed by atoms with Crippen LogP contribution in [0.25, 0.3) is 22.3 Å². The Balaban J connectivity index is 1.03. The van der Waals surface area contributed by atoms with Crippen molar-refractivity contribution in [3.05, 3.63) is 18.5 Å². The lowest BCUT2D eigenvalue weighted by Crippen LogP contribution is -2.58. The molecule has 2 aliphatic heterocycles. The number of nitrogens with one attached hydrogen (secondary N) is 2. The van der Waals surface area contributed by atoms with Crippen LogP contribution in [0.1, 0.15) is 38.5 Å². The van der Waals surface area contributed by atoms with Crippen molar-refractivity contribution in [3.63, 3.8) is 0 Å². The van der Waals surface area contributed by atoms with Crippen LogP contribution in [-0.2, 0) is 11.3 Å². The lowest BCUT2D eigenvalue weighted by molar-refractivity contribution is 0.0217. The Labute approximate surface area is 240 Å². The van der Waals surface area contributed by atoms with E-state index in [1.54, 1.807) is 20.7 Å². The number of hydrogen-bond acceptors (Lipinski definition) is 7. The molecule has 2 saturated heterocycles. The smallest absolute Gasteiger partial charge is 0.322 e. The molecule has 224 valence electrons. The van der Waals surface area contributed by atoms with E-state index in [4.69, 9.17) is 14.8 Å². The van der Waals surface area contributed by atoms with E-state index in [0.29, 0.717) is 55.7 Å². The highest BCUT2D eigenvalue weighted by molar-refractivity contribution is 5.96. The lowest BCUT2D eigenvalue weighted by Gasteiger charge is -2.41. The summed E-state index contributed by atoms with van der Waals surface area (Å²) in [6.07, 6.45) is 6.39. The summed E-state index contributed by atoms with van der Waals surface area (Å²) in [6, 6.07) is 1.58. The van der Waals surface area contributed by atoms with Crippen LogP contribution in [0.2, 0.25) is 0 Å². The first kappa shape index (κ1) is 26.3. The Bertz CT molecular complexity index is 1510. The number of hydrogen-bond donors (Lipinski definition) is 2. The number of rotatable bonds is 9. The number of pyridine rings is 1. The maximum Gasteiger partial charge on any atom is 0.322 e. The van der Waals surface area contributed by atoms with E-state index in [2.05, 4.69) is 20.4 Å². The highest BCUT2D eigenvalue weighted by Crippen LogP contribution is 2.45. The zero-order valence-corrected chi connectivity index (χ0v) is 23.2. The van der Waals surface area contributed by atoms with Gasteiger partial charge in [0, 0.05) is 38.9 Å². The molecule has 2 N–H and O–H groups in total. The number of aromatic amines is 1. The Morgan fingerprint density at radius 3 is 2.67 bits per heavy atom. The number of ether oxygens (including phenoxy) is 1. The number of amides is 2. The number of anilines is 2. The molecule has 0 unspecified atom stereocenters. The van der Waals surface area contributed by atoms with E-state index in [1.807, 2.05) is 6.07 Å². The largest absolute Gasteiger partial charge is 0.371 e. The summed E-state index contributed by atoms with van der Waals surface area (Å²) in [4.78, 5) is 23.8. The molecule has 0 atom stereocenters. The Hall–Kier alpha value is -3.39. The zero-order valence-electron chi connectivity index (χ0n) is 23.2. The van der Waals surface area contributed by atoms with Crippen molar-refractivity contribution in [3.8, 4) is 11.4 Å². The van der Waals surface area contributed by atoms with Gasteiger partial charge < -0.3 is 19.9 Å². The van der Waals surface area contributed by atoms with Gasteiger partial charge >= 0.3 is 6.03 Å². The standard InChI is InChI=1S/C28H34F3N9O2/c29-23(30)14-37-7-8-39(28(16-37)5-6-28)26(41)34-21-11-33-35-24(21)20-9-22-19(10-32-20)25(36-40(22)15-27(31)3-4-27)38-12-18(13-38)42-17-1-2-17/h9-11,17-18,23H,1-8,12-16H2,(H,33,35)(H,34,41). The SMILES string of the molecule is O=C(Nc1cn[nH]c1-c1cc2c(cn1)c(N1CC(OC3CC3)C1)nn2CC1(F)CC1)N1CCN(CC(F)F)CC12CC2. The van der Waals surface area contributed by atoms with Crippen molar-refractivity contribution in [1.29, 1.82) is 0 Å². The van der Waals surface area contributed by atoms with E-state index < -0.39 is 17.6 Å². The van der Waals surface area contributed by atoms with Crippen LogP contribution >= 0.6 is 0 Å². The summed E-state index contributed by atoms with van der Waals surface area (Å²) in [5, 5.41) is 15.8. The van der Waals surface area contributed by atoms with Crippen LogP contribution in [0.4, 0.5) is 29.5 Å². The van der Waals surface area contributed by atoms with Crippen molar-refractivity contribution < 1.29 is 22.7 Å². The number of urea groups is 1. The fourth-order valence-corrected chi connectivity index (χ4v) is 6.34. The van der Waals surface area contributed by atoms with Gasteiger partial charge in [0.05, 0.1) is 59.3 Å². The molecule has 5 heterocycles. The monoisotopic (exact) mass is 585 g/mol. The molecule has 42 heavy (non-hydrogen) atoms. The lowest BCUT2D eigenvalue weighted by atomic mass is 10.1. The molecule has 3 aromatic heterocycles. The second-order valence-corrected chi connectivity index (χ2v) is 12.7. The predicted octanol–water partition coefficient (Wildman–Crippen LogP) is 3.64. The summed E-state index contributed by atoms with van der Waals surface area (Å²) in [5.74, 6) is 0.780. The van der Waals surface area contributed by atoms with Crippen molar-refractivity contribution in [1.82, 2.24) is 34.8 Å². The number of carbonyl (C=O) groups is 1. The van der Waals surface area contributed by atoms with Crippen LogP contribution in [0.15, 0.2) is 18.5 Å². The number of aromatic nitrogens is 5. The van der Waals surface area contributed by atoms with Gasteiger partial charge in [-0.05, 0) is 44.6 Å². The van der Waals surface area contributed by atoms with Crippen molar-refractivity contribution >= 4 is 28.4 Å². The van der Waals surface area contributed by atoms with Crippen LogP contribution < -0.4 is 10.2 Å².